The van der Waals surface area contributed by atoms with Crippen LogP contribution in [0.2, 0.25) is 0 Å². The number of aliphatic hydroxyl groups excluding tert-OH is 1. The third-order valence-electron chi connectivity index (χ3n) is 3.58. The molecular formula is C13H21NO2. The van der Waals surface area contributed by atoms with Gasteiger partial charge in [-0.15, -0.1) is 0 Å². The summed E-state index contributed by atoms with van der Waals surface area (Å²) in [6.07, 6.45) is 5.47. The van der Waals surface area contributed by atoms with Crippen LogP contribution in [0.4, 0.5) is 0 Å². The van der Waals surface area contributed by atoms with Crippen molar-refractivity contribution < 1.29 is 9.52 Å². The summed E-state index contributed by atoms with van der Waals surface area (Å²) >= 11 is 0. The first-order valence-corrected chi connectivity index (χ1v) is 6.21. The molecule has 0 amide bonds. The van der Waals surface area contributed by atoms with Crippen LogP contribution in [0.3, 0.4) is 0 Å². The average molecular weight is 223 g/mol. The molecule has 1 saturated carbocycles. The SMILES string of the molecule is C[C@@H](NCc1ccc(CO)o1)C1CCCC1. The van der Waals surface area contributed by atoms with E-state index in [1.165, 1.54) is 25.7 Å². The van der Waals surface area contributed by atoms with E-state index in [1.807, 2.05) is 12.1 Å². The van der Waals surface area contributed by atoms with Gasteiger partial charge in [-0.3, -0.25) is 0 Å². The number of hydrogen-bond donors (Lipinski definition) is 2. The molecule has 0 bridgehead atoms. The lowest BCUT2D eigenvalue weighted by atomic mass is 10.00. The second kappa shape index (κ2) is 5.51. The van der Waals surface area contributed by atoms with E-state index in [9.17, 15) is 0 Å². The van der Waals surface area contributed by atoms with Crippen molar-refractivity contribution in [1.29, 1.82) is 0 Å². The van der Waals surface area contributed by atoms with Crippen LogP contribution in [-0.4, -0.2) is 11.1 Å². The van der Waals surface area contributed by atoms with Crippen LogP contribution in [0, 0.1) is 5.92 Å². The first-order chi connectivity index (χ1) is 7.79. The highest BCUT2D eigenvalue weighted by Crippen LogP contribution is 2.27. The fourth-order valence-corrected chi connectivity index (χ4v) is 2.49. The van der Waals surface area contributed by atoms with Crippen LogP contribution in [0.25, 0.3) is 0 Å². The molecule has 3 nitrogen and oxygen atoms in total. The molecule has 0 spiro atoms. The van der Waals surface area contributed by atoms with Gasteiger partial charge in [0.25, 0.3) is 0 Å². The van der Waals surface area contributed by atoms with Crippen LogP contribution in [-0.2, 0) is 13.2 Å². The summed E-state index contributed by atoms with van der Waals surface area (Å²) < 4.78 is 5.43. The molecule has 0 unspecified atom stereocenters. The minimum absolute atomic E-state index is 0.0157. The molecular weight excluding hydrogens is 202 g/mol. The molecule has 0 aliphatic heterocycles. The Morgan fingerprint density at radius 2 is 2.06 bits per heavy atom. The molecule has 16 heavy (non-hydrogen) atoms. The third kappa shape index (κ3) is 2.86. The number of rotatable bonds is 5. The van der Waals surface area contributed by atoms with Crippen LogP contribution < -0.4 is 5.32 Å². The summed E-state index contributed by atoms with van der Waals surface area (Å²) in [6.45, 7) is 3.00. The molecule has 1 aliphatic carbocycles. The minimum atomic E-state index is -0.0157. The normalized spacial score (nSPS) is 19.1. The van der Waals surface area contributed by atoms with Crippen LogP contribution in [0.5, 0.6) is 0 Å². The van der Waals surface area contributed by atoms with Gasteiger partial charge in [0.1, 0.15) is 18.1 Å². The molecule has 3 heteroatoms. The molecule has 0 saturated heterocycles. The summed E-state index contributed by atoms with van der Waals surface area (Å²) in [5, 5.41) is 12.4. The molecule has 2 N–H and O–H groups in total. The quantitative estimate of drug-likeness (QED) is 0.806. The number of aliphatic hydroxyl groups is 1. The Morgan fingerprint density at radius 3 is 2.69 bits per heavy atom. The molecule has 1 aromatic heterocycles. The molecule has 2 rings (SSSR count). The van der Waals surface area contributed by atoms with Crippen molar-refractivity contribution >= 4 is 0 Å². The van der Waals surface area contributed by atoms with E-state index in [0.29, 0.717) is 11.8 Å². The van der Waals surface area contributed by atoms with Gasteiger partial charge in [-0.1, -0.05) is 12.8 Å². The maximum Gasteiger partial charge on any atom is 0.129 e. The van der Waals surface area contributed by atoms with Crippen LogP contribution >= 0.6 is 0 Å². The Kier molecular flexibility index (Phi) is 4.02. The highest BCUT2D eigenvalue weighted by atomic mass is 16.4. The Morgan fingerprint density at radius 1 is 1.38 bits per heavy atom. The van der Waals surface area contributed by atoms with Gasteiger partial charge >= 0.3 is 0 Å². The Labute approximate surface area is 96.8 Å². The van der Waals surface area contributed by atoms with Gasteiger partial charge in [-0.05, 0) is 37.8 Å². The van der Waals surface area contributed by atoms with E-state index in [2.05, 4.69) is 12.2 Å². The summed E-state index contributed by atoms with van der Waals surface area (Å²) in [6, 6.07) is 4.32. The van der Waals surface area contributed by atoms with E-state index in [1.54, 1.807) is 0 Å². The van der Waals surface area contributed by atoms with Gasteiger partial charge in [0, 0.05) is 6.04 Å². The molecule has 1 aliphatic rings. The predicted octanol–water partition coefficient (Wildman–Crippen LogP) is 2.44. The summed E-state index contributed by atoms with van der Waals surface area (Å²) in [4.78, 5) is 0. The average Bonchev–Trinajstić information content (AvgIpc) is 2.96. The van der Waals surface area contributed by atoms with Gasteiger partial charge in [0.15, 0.2) is 0 Å². The van der Waals surface area contributed by atoms with Crippen molar-refractivity contribution in [1.82, 2.24) is 5.32 Å². The van der Waals surface area contributed by atoms with Crippen molar-refractivity contribution in [3.8, 4) is 0 Å². The maximum absolute atomic E-state index is 8.89. The zero-order valence-electron chi connectivity index (χ0n) is 9.91. The van der Waals surface area contributed by atoms with Crippen LogP contribution in [0.1, 0.15) is 44.1 Å². The van der Waals surface area contributed by atoms with Crippen molar-refractivity contribution in [2.45, 2.75) is 51.8 Å². The predicted molar refractivity (Wildman–Crippen MR) is 62.9 cm³/mol. The smallest absolute Gasteiger partial charge is 0.129 e. The van der Waals surface area contributed by atoms with Gasteiger partial charge in [-0.25, -0.2) is 0 Å². The second-order valence-corrected chi connectivity index (χ2v) is 4.74. The van der Waals surface area contributed by atoms with E-state index in [4.69, 9.17) is 9.52 Å². The second-order valence-electron chi connectivity index (χ2n) is 4.74. The van der Waals surface area contributed by atoms with E-state index >= 15 is 0 Å². The van der Waals surface area contributed by atoms with Crippen molar-refractivity contribution in [3.63, 3.8) is 0 Å². The topological polar surface area (TPSA) is 45.4 Å². The fraction of sp³-hybridized carbons (Fsp3) is 0.692. The number of hydrogen-bond acceptors (Lipinski definition) is 3. The third-order valence-corrected chi connectivity index (χ3v) is 3.58. The summed E-state index contributed by atoms with van der Waals surface area (Å²) in [5.74, 6) is 2.38. The Bertz CT molecular complexity index is 315. The first-order valence-electron chi connectivity index (χ1n) is 6.21. The number of nitrogens with one attached hydrogen (secondary N) is 1. The highest BCUT2D eigenvalue weighted by Gasteiger charge is 2.21. The van der Waals surface area contributed by atoms with Gasteiger partial charge in [0.05, 0.1) is 6.54 Å². The molecule has 1 atom stereocenters. The van der Waals surface area contributed by atoms with Gasteiger partial charge < -0.3 is 14.8 Å². The van der Waals surface area contributed by atoms with Gasteiger partial charge in [-0.2, -0.15) is 0 Å². The standard InChI is InChI=1S/C13H21NO2/c1-10(11-4-2-3-5-11)14-8-12-6-7-13(9-15)16-12/h6-7,10-11,14-15H,2-5,8-9H2,1H3/t10-/m1/s1. The van der Waals surface area contributed by atoms with E-state index < -0.39 is 0 Å². The molecule has 90 valence electrons. The van der Waals surface area contributed by atoms with Gasteiger partial charge in [0.2, 0.25) is 0 Å². The highest BCUT2D eigenvalue weighted by molar-refractivity contribution is 5.06. The molecule has 1 fully saturated rings. The lowest BCUT2D eigenvalue weighted by Crippen LogP contribution is -2.31. The fourth-order valence-electron chi connectivity index (χ4n) is 2.49. The van der Waals surface area contributed by atoms with Crippen molar-refractivity contribution in [3.05, 3.63) is 23.7 Å². The molecule has 0 radical (unpaired) electrons. The minimum Gasteiger partial charge on any atom is -0.462 e. The maximum atomic E-state index is 8.89. The van der Waals surface area contributed by atoms with E-state index in [0.717, 1.165) is 18.2 Å². The van der Waals surface area contributed by atoms with Crippen molar-refractivity contribution in [2.75, 3.05) is 0 Å². The van der Waals surface area contributed by atoms with Crippen molar-refractivity contribution in [2.24, 2.45) is 5.92 Å². The van der Waals surface area contributed by atoms with Crippen LogP contribution in [0.15, 0.2) is 16.5 Å². The Hall–Kier alpha value is -0.800. The lowest BCUT2D eigenvalue weighted by Gasteiger charge is -2.19. The molecule has 1 heterocycles. The largest absolute Gasteiger partial charge is 0.462 e. The molecule has 0 aromatic carbocycles. The summed E-state index contributed by atoms with van der Waals surface area (Å²) in [5.41, 5.74) is 0. The lowest BCUT2D eigenvalue weighted by molar-refractivity contribution is 0.241. The Balaban J connectivity index is 1.77. The molecule has 1 aromatic rings. The zero-order valence-corrected chi connectivity index (χ0v) is 9.91. The summed E-state index contributed by atoms with van der Waals surface area (Å²) in [7, 11) is 0. The monoisotopic (exact) mass is 223 g/mol. The number of furan rings is 1. The first kappa shape index (κ1) is 11.7. The van der Waals surface area contributed by atoms with E-state index in [-0.39, 0.29) is 6.61 Å². The zero-order chi connectivity index (χ0) is 11.4.